The van der Waals surface area contributed by atoms with Gasteiger partial charge in [0.1, 0.15) is 17.3 Å². The summed E-state index contributed by atoms with van der Waals surface area (Å²) >= 11 is 0. The Morgan fingerprint density at radius 3 is 2.54 bits per heavy atom. The number of benzene rings is 2. The quantitative estimate of drug-likeness (QED) is 0.517. The minimum atomic E-state index is -0.829. The fraction of sp³-hybridized carbons (Fsp3) is 0.0455. The van der Waals surface area contributed by atoms with E-state index in [2.05, 4.69) is 9.97 Å². The predicted molar refractivity (Wildman–Crippen MR) is 103 cm³/mol. The average molecular weight is 375 g/mol. The summed E-state index contributed by atoms with van der Waals surface area (Å²) in [6.45, 7) is 0.0245. The van der Waals surface area contributed by atoms with Gasteiger partial charge in [-0.05, 0) is 36.4 Å². The maximum absolute atomic E-state index is 14.5. The van der Waals surface area contributed by atoms with Gasteiger partial charge in [0.2, 0.25) is 0 Å². The van der Waals surface area contributed by atoms with Crippen molar-refractivity contribution in [3.8, 4) is 0 Å². The maximum Gasteiger partial charge on any atom is 0.277 e. The Kier molecular flexibility index (Phi) is 4.76. The third-order valence-corrected chi connectivity index (χ3v) is 4.31. The number of fused-ring (bicyclic) bond motifs is 1. The minimum absolute atomic E-state index is 0.0245. The van der Waals surface area contributed by atoms with Crippen molar-refractivity contribution < 1.29 is 13.6 Å². The van der Waals surface area contributed by atoms with Crippen LogP contribution in [0.15, 0.2) is 79.0 Å². The molecule has 0 fully saturated rings. The van der Waals surface area contributed by atoms with Gasteiger partial charge in [-0.15, -0.1) is 0 Å². The van der Waals surface area contributed by atoms with Crippen LogP contribution in [0.4, 0.5) is 14.5 Å². The highest BCUT2D eigenvalue weighted by Crippen LogP contribution is 2.24. The van der Waals surface area contributed by atoms with Crippen LogP contribution >= 0.6 is 0 Å². The van der Waals surface area contributed by atoms with Crippen LogP contribution in [0, 0.1) is 11.6 Å². The summed E-state index contributed by atoms with van der Waals surface area (Å²) in [5.74, 6) is -2.04. The standard InChI is InChI=1S/C22H15F2N3O/c23-16-9-11-21(18(24)13-16)27(14-17-6-3-4-12-25-17)22(28)20-10-8-15-5-1-2-7-19(15)26-20/h1-13H,14H2. The summed E-state index contributed by atoms with van der Waals surface area (Å²) in [5.41, 5.74) is 1.36. The fourth-order valence-electron chi connectivity index (χ4n) is 2.94. The van der Waals surface area contributed by atoms with Gasteiger partial charge in [-0.25, -0.2) is 13.8 Å². The Balaban J connectivity index is 1.77. The van der Waals surface area contributed by atoms with Crippen LogP contribution in [-0.2, 0) is 6.54 Å². The second kappa shape index (κ2) is 7.52. The molecule has 4 aromatic rings. The van der Waals surface area contributed by atoms with Crippen molar-refractivity contribution in [3.05, 3.63) is 102 Å². The highest BCUT2D eigenvalue weighted by Gasteiger charge is 2.23. The van der Waals surface area contributed by atoms with Crippen LogP contribution in [0.25, 0.3) is 10.9 Å². The molecule has 2 aromatic heterocycles. The smallest absolute Gasteiger partial charge is 0.277 e. The van der Waals surface area contributed by atoms with Crippen molar-refractivity contribution >= 4 is 22.5 Å². The number of hydrogen-bond donors (Lipinski definition) is 0. The molecule has 4 rings (SSSR count). The molecule has 0 radical (unpaired) electrons. The van der Waals surface area contributed by atoms with Crippen molar-refractivity contribution in [2.75, 3.05) is 4.90 Å². The number of carbonyl (C=O) groups excluding carboxylic acids is 1. The van der Waals surface area contributed by atoms with Crippen LogP contribution in [0.5, 0.6) is 0 Å². The molecule has 0 atom stereocenters. The summed E-state index contributed by atoms with van der Waals surface area (Å²) in [6.07, 6.45) is 1.59. The van der Waals surface area contributed by atoms with E-state index in [4.69, 9.17) is 0 Å². The Labute approximate surface area is 160 Å². The van der Waals surface area contributed by atoms with Gasteiger partial charge in [-0.1, -0.05) is 30.3 Å². The lowest BCUT2D eigenvalue weighted by Gasteiger charge is -2.23. The molecule has 2 heterocycles. The number of pyridine rings is 2. The molecule has 0 aliphatic heterocycles. The van der Waals surface area contributed by atoms with Crippen molar-refractivity contribution in [3.63, 3.8) is 0 Å². The fourth-order valence-corrected chi connectivity index (χ4v) is 2.94. The zero-order valence-corrected chi connectivity index (χ0v) is 14.7. The predicted octanol–water partition coefficient (Wildman–Crippen LogP) is 4.76. The summed E-state index contributed by atoms with van der Waals surface area (Å²) in [5, 5.41) is 0.892. The molecule has 6 heteroatoms. The van der Waals surface area contributed by atoms with E-state index >= 15 is 0 Å². The highest BCUT2D eigenvalue weighted by molar-refractivity contribution is 6.05. The van der Waals surface area contributed by atoms with Crippen LogP contribution in [-0.4, -0.2) is 15.9 Å². The Morgan fingerprint density at radius 2 is 1.75 bits per heavy atom. The van der Waals surface area contributed by atoms with Crippen LogP contribution in [0.2, 0.25) is 0 Å². The van der Waals surface area contributed by atoms with E-state index in [1.807, 2.05) is 18.2 Å². The molecule has 1 amide bonds. The maximum atomic E-state index is 14.5. The Bertz CT molecular complexity index is 1150. The van der Waals surface area contributed by atoms with E-state index in [9.17, 15) is 13.6 Å². The number of hydrogen-bond acceptors (Lipinski definition) is 3. The summed E-state index contributed by atoms with van der Waals surface area (Å²) in [4.78, 5) is 23.0. The molecule has 0 saturated carbocycles. The Hall–Kier alpha value is -3.67. The molecule has 0 aliphatic rings. The highest BCUT2D eigenvalue weighted by atomic mass is 19.1. The number of carbonyl (C=O) groups is 1. The molecular weight excluding hydrogens is 360 g/mol. The molecule has 0 aliphatic carbocycles. The normalized spacial score (nSPS) is 10.8. The summed E-state index contributed by atoms with van der Waals surface area (Å²) < 4.78 is 27.8. The second-order valence-corrected chi connectivity index (χ2v) is 6.20. The number of amides is 1. The lowest BCUT2D eigenvalue weighted by molar-refractivity contribution is 0.0979. The third kappa shape index (κ3) is 3.57. The summed E-state index contributed by atoms with van der Waals surface area (Å²) in [6, 6.07) is 19.2. The van der Waals surface area contributed by atoms with Crippen LogP contribution in [0.3, 0.4) is 0 Å². The van der Waals surface area contributed by atoms with Gasteiger partial charge >= 0.3 is 0 Å². The van der Waals surface area contributed by atoms with Gasteiger partial charge in [0, 0.05) is 17.6 Å². The number of anilines is 1. The van der Waals surface area contributed by atoms with Gasteiger partial charge in [0.15, 0.2) is 0 Å². The topological polar surface area (TPSA) is 46.1 Å². The van der Waals surface area contributed by atoms with E-state index in [1.165, 1.54) is 11.0 Å². The van der Waals surface area contributed by atoms with Gasteiger partial charge in [-0.3, -0.25) is 14.7 Å². The van der Waals surface area contributed by atoms with E-state index in [0.717, 1.165) is 17.5 Å². The number of nitrogens with zero attached hydrogens (tertiary/aromatic N) is 3. The first-order chi connectivity index (χ1) is 13.6. The van der Waals surface area contributed by atoms with Crippen molar-refractivity contribution in [1.29, 1.82) is 0 Å². The Morgan fingerprint density at radius 1 is 0.929 bits per heavy atom. The molecule has 138 valence electrons. The first-order valence-electron chi connectivity index (χ1n) is 8.64. The molecule has 4 nitrogen and oxygen atoms in total. The number of halogens is 2. The SMILES string of the molecule is O=C(c1ccc2ccccc2n1)N(Cc1ccccn1)c1ccc(F)cc1F. The molecule has 0 bridgehead atoms. The molecule has 2 aromatic carbocycles. The first kappa shape index (κ1) is 17.7. The van der Waals surface area contributed by atoms with Gasteiger partial charge in [0.25, 0.3) is 5.91 Å². The van der Waals surface area contributed by atoms with Gasteiger partial charge in [-0.2, -0.15) is 0 Å². The molecule has 0 N–H and O–H groups in total. The van der Waals surface area contributed by atoms with E-state index < -0.39 is 17.5 Å². The number of rotatable bonds is 4. The zero-order chi connectivity index (χ0) is 19.5. The van der Waals surface area contributed by atoms with E-state index in [0.29, 0.717) is 11.2 Å². The lowest BCUT2D eigenvalue weighted by Crippen LogP contribution is -2.32. The second-order valence-electron chi connectivity index (χ2n) is 6.20. The summed E-state index contributed by atoms with van der Waals surface area (Å²) in [7, 11) is 0. The molecule has 0 unspecified atom stereocenters. The molecular formula is C22H15F2N3O. The molecule has 0 saturated heterocycles. The van der Waals surface area contributed by atoms with Crippen molar-refractivity contribution in [2.24, 2.45) is 0 Å². The minimum Gasteiger partial charge on any atom is -0.298 e. The first-order valence-corrected chi connectivity index (χ1v) is 8.64. The van der Waals surface area contributed by atoms with Gasteiger partial charge < -0.3 is 0 Å². The van der Waals surface area contributed by atoms with E-state index in [-0.39, 0.29) is 17.9 Å². The average Bonchev–Trinajstić information content (AvgIpc) is 2.72. The third-order valence-electron chi connectivity index (χ3n) is 4.31. The van der Waals surface area contributed by atoms with E-state index in [1.54, 1.807) is 42.6 Å². The molecule has 28 heavy (non-hydrogen) atoms. The van der Waals surface area contributed by atoms with Crippen LogP contribution in [0.1, 0.15) is 16.2 Å². The van der Waals surface area contributed by atoms with Gasteiger partial charge in [0.05, 0.1) is 23.4 Å². The lowest BCUT2D eigenvalue weighted by atomic mass is 10.1. The number of para-hydroxylation sites is 1. The van der Waals surface area contributed by atoms with Crippen molar-refractivity contribution in [1.82, 2.24) is 9.97 Å². The van der Waals surface area contributed by atoms with Crippen molar-refractivity contribution in [2.45, 2.75) is 6.54 Å². The zero-order valence-electron chi connectivity index (χ0n) is 14.7. The monoisotopic (exact) mass is 375 g/mol. The largest absolute Gasteiger partial charge is 0.298 e. The number of aromatic nitrogens is 2. The molecule has 0 spiro atoms. The van der Waals surface area contributed by atoms with Crippen LogP contribution < -0.4 is 4.90 Å².